The van der Waals surface area contributed by atoms with E-state index in [1.807, 2.05) is 13.8 Å². The smallest absolute Gasteiger partial charge is 0.274 e. The number of pyridine rings is 1. The van der Waals surface area contributed by atoms with Crippen LogP contribution in [0.2, 0.25) is 5.02 Å². The van der Waals surface area contributed by atoms with Crippen LogP contribution in [-0.4, -0.2) is 21.2 Å². The first-order valence-electron chi connectivity index (χ1n) is 9.47. The average molecular weight is 460 g/mol. The van der Waals surface area contributed by atoms with Gasteiger partial charge in [0.05, 0.1) is 16.8 Å². The number of benzene rings is 1. The van der Waals surface area contributed by atoms with Crippen LogP contribution in [0.15, 0.2) is 46.0 Å². The molecule has 0 saturated carbocycles. The minimum absolute atomic E-state index is 0.206. The Kier molecular flexibility index (Phi) is 5.97. The molecule has 0 spiro atoms. The summed E-state index contributed by atoms with van der Waals surface area (Å²) in [6.07, 6.45) is 1.91. The van der Waals surface area contributed by atoms with Crippen LogP contribution < -0.4 is 11.1 Å². The van der Waals surface area contributed by atoms with Crippen molar-refractivity contribution < 1.29 is 13.7 Å². The van der Waals surface area contributed by atoms with Crippen LogP contribution in [0.25, 0.3) is 0 Å². The maximum Gasteiger partial charge on any atom is 0.274 e. The fourth-order valence-electron chi connectivity index (χ4n) is 3.55. The fraction of sp³-hybridized carbons (Fsp3) is 0.238. The number of nitrogens with zero attached hydrogens (tertiary/aromatic N) is 3. The van der Waals surface area contributed by atoms with Crippen LogP contribution in [0.4, 0.5) is 10.1 Å². The van der Waals surface area contributed by atoms with E-state index in [0.717, 1.165) is 11.3 Å². The van der Waals surface area contributed by atoms with Crippen LogP contribution in [0.3, 0.4) is 0 Å². The third-order valence-electron chi connectivity index (χ3n) is 4.97. The number of nitrogens with two attached hydrogens (primary N) is 1. The Morgan fingerprint density at radius 2 is 2.13 bits per heavy atom. The van der Waals surface area contributed by atoms with Crippen molar-refractivity contribution in [2.45, 2.75) is 31.6 Å². The van der Waals surface area contributed by atoms with Crippen molar-refractivity contribution in [2.24, 2.45) is 10.7 Å². The van der Waals surface area contributed by atoms with Crippen molar-refractivity contribution in [3.05, 3.63) is 75.6 Å². The van der Waals surface area contributed by atoms with E-state index in [1.165, 1.54) is 36.2 Å². The molecule has 0 unspecified atom stereocenters. The number of aryl methyl sites for hydroxylation is 2. The normalized spacial score (nSPS) is 18.5. The second kappa shape index (κ2) is 8.68. The summed E-state index contributed by atoms with van der Waals surface area (Å²) in [5.74, 6) is -0.130. The number of hydrogen-bond donors (Lipinski definition) is 2. The molecule has 1 aromatic carbocycles. The van der Waals surface area contributed by atoms with Gasteiger partial charge in [0, 0.05) is 28.3 Å². The molecule has 1 aliphatic heterocycles. The Labute approximate surface area is 187 Å². The largest absolute Gasteiger partial charge is 0.379 e. The zero-order valence-electron chi connectivity index (χ0n) is 16.7. The number of carbonyl (C=O) groups is 1. The number of thioether (sulfide) groups is 1. The SMILES string of the molecule is Cc1noc(C)c1[C@@H]1C[C@@H](c2cc(NC(=O)c3ccc(Cl)cn3)ccc2F)SC(N)=N1. The maximum absolute atomic E-state index is 14.7. The molecular formula is C21H19ClFN5O2S. The zero-order valence-corrected chi connectivity index (χ0v) is 18.3. The summed E-state index contributed by atoms with van der Waals surface area (Å²) in [4.78, 5) is 21.0. The molecule has 3 heterocycles. The van der Waals surface area contributed by atoms with Gasteiger partial charge in [0.1, 0.15) is 17.3 Å². The van der Waals surface area contributed by atoms with Crippen LogP contribution in [-0.2, 0) is 0 Å². The molecule has 0 saturated heterocycles. The second-order valence-corrected chi connectivity index (χ2v) is 8.77. The van der Waals surface area contributed by atoms with Gasteiger partial charge in [0.2, 0.25) is 0 Å². The van der Waals surface area contributed by atoms with Crippen molar-refractivity contribution in [3.8, 4) is 0 Å². The van der Waals surface area contributed by atoms with Gasteiger partial charge < -0.3 is 15.6 Å². The topological polar surface area (TPSA) is 106 Å². The lowest BCUT2D eigenvalue weighted by Gasteiger charge is -2.26. The number of anilines is 1. The van der Waals surface area contributed by atoms with Crippen LogP contribution in [0, 0.1) is 19.7 Å². The first kappa shape index (κ1) is 21.3. The number of amides is 1. The van der Waals surface area contributed by atoms with Crippen LogP contribution >= 0.6 is 23.4 Å². The lowest BCUT2D eigenvalue weighted by molar-refractivity contribution is 0.102. The van der Waals surface area contributed by atoms with Gasteiger partial charge in [0.25, 0.3) is 5.91 Å². The molecule has 0 bridgehead atoms. The van der Waals surface area contributed by atoms with Gasteiger partial charge in [-0.1, -0.05) is 28.5 Å². The number of aromatic nitrogens is 2. The Balaban J connectivity index is 1.59. The van der Waals surface area contributed by atoms with Crippen molar-refractivity contribution in [3.63, 3.8) is 0 Å². The third-order valence-corrected chi connectivity index (χ3v) is 6.27. The molecule has 10 heteroatoms. The highest BCUT2D eigenvalue weighted by molar-refractivity contribution is 8.14. The zero-order chi connectivity index (χ0) is 22.1. The quantitative estimate of drug-likeness (QED) is 0.570. The van der Waals surface area contributed by atoms with Gasteiger partial charge >= 0.3 is 0 Å². The number of rotatable bonds is 4. The van der Waals surface area contributed by atoms with Gasteiger partial charge in [0.15, 0.2) is 5.17 Å². The van der Waals surface area contributed by atoms with Gasteiger partial charge in [-0.05, 0) is 50.6 Å². The summed E-state index contributed by atoms with van der Waals surface area (Å²) in [5, 5.41) is 7.23. The summed E-state index contributed by atoms with van der Waals surface area (Å²) in [5.41, 5.74) is 8.76. The molecule has 0 aliphatic carbocycles. The second-order valence-electron chi connectivity index (χ2n) is 7.12. The summed E-state index contributed by atoms with van der Waals surface area (Å²) in [6.45, 7) is 3.66. The van der Waals surface area contributed by atoms with Crippen molar-refractivity contribution in [1.82, 2.24) is 10.1 Å². The van der Waals surface area contributed by atoms with E-state index in [9.17, 15) is 9.18 Å². The molecule has 1 aliphatic rings. The van der Waals surface area contributed by atoms with Crippen LogP contribution in [0.1, 0.15) is 50.8 Å². The van der Waals surface area contributed by atoms with Gasteiger partial charge in [-0.2, -0.15) is 0 Å². The van der Waals surface area contributed by atoms with E-state index in [2.05, 4.69) is 20.4 Å². The van der Waals surface area contributed by atoms with Gasteiger partial charge in [-0.25, -0.2) is 9.37 Å². The molecule has 3 N–H and O–H groups in total. The summed E-state index contributed by atoms with van der Waals surface area (Å²) in [7, 11) is 0. The number of carbonyl (C=O) groups excluding carboxylic acids is 1. The third kappa shape index (κ3) is 4.57. The summed E-state index contributed by atoms with van der Waals surface area (Å²) >= 11 is 7.10. The van der Waals surface area contributed by atoms with Crippen molar-refractivity contribution >= 4 is 40.1 Å². The Morgan fingerprint density at radius 1 is 1.32 bits per heavy atom. The van der Waals surface area contributed by atoms with Crippen molar-refractivity contribution in [1.29, 1.82) is 0 Å². The molecule has 0 radical (unpaired) electrons. The lowest BCUT2D eigenvalue weighted by atomic mass is 9.97. The van der Waals surface area contributed by atoms with Gasteiger partial charge in [-0.3, -0.25) is 9.79 Å². The molecular weight excluding hydrogens is 441 g/mol. The fourth-order valence-corrected chi connectivity index (χ4v) is 4.72. The summed E-state index contributed by atoms with van der Waals surface area (Å²) < 4.78 is 20.0. The van der Waals surface area contributed by atoms with E-state index in [-0.39, 0.29) is 22.8 Å². The predicted octanol–water partition coefficient (Wildman–Crippen LogP) is 4.97. The molecule has 1 amide bonds. The Bertz CT molecular complexity index is 1150. The molecule has 4 rings (SSSR count). The minimum atomic E-state index is -0.416. The van der Waals surface area contributed by atoms with E-state index < -0.39 is 5.91 Å². The number of aliphatic imine (C=N–C) groups is 1. The predicted molar refractivity (Wildman–Crippen MR) is 119 cm³/mol. The van der Waals surface area contributed by atoms with Crippen molar-refractivity contribution in [2.75, 3.05) is 5.32 Å². The highest BCUT2D eigenvalue weighted by Gasteiger charge is 2.31. The van der Waals surface area contributed by atoms with E-state index in [4.69, 9.17) is 21.9 Å². The lowest BCUT2D eigenvalue weighted by Crippen LogP contribution is -2.20. The molecule has 7 nitrogen and oxygen atoms in total. The molecule has 3 aromatic rings. The maximum atomic E-state index is 14.7. The Hall–Kier alpha value is -2.91. The standard InChI is InChI=1S/C21H19ClFN5O2S/c1-10-19(11(2)30-28-10)17-8-18(31-21(24)27-17)14-7-13(4-5-15(14)23)26-20(29)16-6-3-12(22)9-25-16/h3-7,9,17-18H,8H2,1-2H3,(H2,24,27)(H,26,29)/t17-,18-/m0/s1. The van der Waals surface area contributed by atoms with E-state index >= 15 is 0 Å². The highest BCUT2D eigenvalue weighted by Crippen LogP contribution is 2.45. The molecule has 0 fully saturated rings. The average Bonchev–Trinajstić information content (AvgIpc) is 3.07. The molecule has 160 valence electrons. The molecule has 2 aromatic heterocycles. The number of nitrogens with one attached hydrogen (secondary N) is 1. The first-order chi connectivity index (χ1) is 14.8. The highest BCUT2D eigenvalue weighted by atomic mass is 35.5. The number of amidine groups is 1. The van der Waals surface area contributed by atoms with Gasteiger partial charge in [-0.15, -0.1) is 0 Å². The minimum Gasteiger partial charge on any atom is -0.379 e. The molecule has 31 heavy (non-hydrogen) atoms. The Morgan fingerprint density at radius 3 is 2.81 bits per heavy atom. The van der Waals surface area contributed by atoms with E-state index in [1.54, 1.807) is 12.1 Å². The molecule has 2 atom stereocenters. The first-order valence-corrected chi connectivity index (χ1v) is 10.7. The monoisotopic (exact) mass is 459 g/mol. The summed E-state index contributed by atoms with van der Waals surface area (Å²) in [6, 6.07) is 7.26. The number of hydrogen-bond acceptors (Lipinski definition) is 7. The van der Waals surface area contributed by atoms with Crippen LogP contribution in [0.5, 0.6) is 0 Å². The number of halogens is 2. The van der Waals surface area contributed by atoms with E-state index in [0.29, 0.717) is 33.6 Å².